The van der Waals surface area contributed by atoms with Crippen LogP contribution in [0.2, 0.25) is 0 Å². The SMILES string of the molecule is CC(C)(C)C1CC2CCC1CC2C(C)(C)C. The third-order valence-corrected chi connectivity index (χ3v) is 5.38. The molecule has 0 aromatic rings. The quantitative estimate of drug-likeness (QED) is 0.533. The average Bonchev–Trinajstić information content (AvgIpc) is 2.15. The Morgan fingerprint density at radius 2 is 0.938 bits per heavy atom. The lowest BCUT2D eigenvalue weighted by atomic mass is 9.50. The predicted octanol–water partition coefficient (Wildman–Crippen LogP) is 5.13. The first-order valence-electron chi connectivity index (χ1n) is 7.19. The van der Waals surface area contributed by atoms with E-state index in [0.29, 0.717) is 10.8 Å². The van der Waals surface area contributed by atoms with Crippen LogP contribution in [0.1, 0.15) is 67.2 Å². The lowest BCUT2D eigenvalue weighted by Crippen LogP contribution is -2.46. The van der Waals surface area contributed by atoms with Crippen molar-refractivity contribution in [2.75, 3.05) is 0 Å². The molecule has 0 amide bonds. The molecule has 0 aromatic heterocycles. The average molecular weight is 222 g/mol. The Bertz CT molecular complexity index is 222. The van der Waals surface area contributed by atoms with E-state index in [1.54, 1.807) is 0 Å². The van der Waals surface area contributed by atoms with Crippen LogP contribution in [0.5, 0.6) is 0 Å². The molecule has 0 aliphatic heterocycles. The summed E-state index contributed by atoms with van der Waals surface area (Å²) >= 11 is 0. The first-order chi connectivity index (χ1) is 7.19. The highest BCUT2D eigenvalue weighted by Crippen LogP contribution is 2.57. The molecule has 0 radical (unpaired) electrons. The normalized spacial score (nSPS) is 40.1. The van der Waals surface area contributed by atoms with E-state index in [1.807, 2.05) is 0 Å². The standard InChI is InChI=1S/C16H30/c1-15(2,3)13-9-12-8-7-11(13)10-14(12)16(4,5)6/h11-14H,7-10H2,1-6H3. The summed E-state index contributed by atoms with van der Waals surface area (Å²) in [6.07, 6.45) is 6.05. The van der Waals surface area contributed by atoms with Gasteiger partial charge in [0.15, 0.2) is 0 Å². The van der Waals surface area contributed by atoms with Crippen molar-refractivity contribution >= 4 is 0 Å². The van der Waals surface area contributed by atoms with E-state index in [4.69, 9.17) is 0 Å². The van der Waals surface area contributed by atoms with E-state index < -0.39 is 0 Å². The maximum atomic E-state index is 2.45. The lowest BCUT2D eigenvalue weighted by Gasteiger charge is -2.55. The maximum Gasteiger partial charge on any atom is -0.0334 e. The molecule has 4 atom stereocenters. The zero-order valence-electron chi connectivity index (χ0n) is 12.1. The summed E-state index contributed by atoms with van der Waals surface area (Å²) in [5.41, 5.74) is 1.07. The fraction of sp³-hybridized carbons (Fsp3) is 1.00. The molecule has 0 heterocycles. The van der Waals surface area contributed by atoms with Crippen LogP contribution >= 0.6 is 0 Å². The van der Waals surface area contributed by atoms with Gasteiger partial charge < -0.3 is 0 Å². The molecule has 0 N–H and O–H groups in total. The van der Waals surface area contributed by atoms with Gasteiger partial charge in [-0.15, -0.1) is 0 Å². The molecular weight excluding hydrogens is 192 g/mol. The molecule has 0 saturated heterocycles. The fourth-order valence-electron chi connectivity index (χ4n) is 4.55. The zero-order valence-corrected chi connectivity index (χ0v) is 12.1. The van der Waals surface area contributed by atoms with Crippen molar-refractivity contribution in [1.29, 1.82) is 0 Å². The Kier molecular flexibility index (Phi) is 2.92. The summed E-state index contributed by atoms with van der Waals surface area (Å²) in [7, 11) is 0. The van der Waals surface area contributed by atoms with Crippen LogP contribution in [0.3, 0.4) is 0 Å². The predicted molar refractivity (Wildman–Crippen MR) is 71.3 cm³/mol. The van der Waals surface area contributed by atoms with Crippen molar-refractivity contribution in [1.82, 2.24) is 0 Å². The van der Waals surface area contributed by atoms with E-state index in [-0.39, 0.29) is 0 Å². The zero-order chi connectivity index (χ0) is 12.1. The van der Waals surface area contributed by atoms with Gasteiger partial charge in [-0.2, -0.15) is 0 Å². The Labute approximate surface area is 102 Å². The summed E-state index contributed by atoms with van der Waals surface area (Å²) in [6, 6.07) is 0. The molecule has 16 heavy (non-hydrogen) atoms. The first-order valence-corrected chi connectivity index (χ1v) is 7.19. The van der Waals surface area contributed by atoms with Crippen molar-refractivity contribution in [3.63, 3.8) is 0 Å². The van der Waals surface area contributed by atoms with E-state index in [2.05, 4.69) is 41.5 Å². The summed E-state index contributed by atoms with van der Waals surface area (Å²) in [6.45, 7) is 14.7. The Morgan fingerprint density at radius 3 is 1.12 bits per heavy atom. The lowest BCUT2D eigenvalue weighted by molar-refractivity contribution is -0.0515. The van der Waals surface area contributed by atoms with Crippen LogP contribution in [0.25, 0.3) is 0 Å². The molecule has 0 spiro atoms. The highest BCUT2D eigenvalue weighted by Gasteiger charge is 2.48. The summed E-state index contributed by atoms with van der Waals surface area (Å²) in [5, 5.41) is 0. The molecule has 0 nitrogen and oxygen atoms in total. The minimum absolute atomic E-state index is 0.534. The van der Waals surface area contributed by atoms with Gasteiger partial charge in [0.05, 0.1) is 0 Å². The smallest absolute Gasteiger partial charge is 0.0334 e. The third kappa shape index (κ3) is 2.17. The largest absolute Gasteiger partial charge is 0.0599 e. The van der Waals surface area contributed by atoms with Crippen LogP contribution in [0, 0.1) is 34.5 Å². The minimum atomic E-state index is 0.534. The van der Waals surface area contributed by atoms with Crippen molar-refractivity contribution in [3.05, 3.63) is 0 Å². The number of fused-ring (bicyclic) bond motifs is 3. The molecule has 3 fully saturated rings. The van der Waals surface area contributed by atoms with Gasteiger partial charge in [0.25, 0.3) is 0 Å². The van der Waals surface area contributed by atoms with Crippen LogP contribution in [-0.2, 0) is 0 Å². The van der Waals surface area contributed by atoms with E-state index in [9.17, 15) is 0 Å². The molecule has 0 heteroatoms. The van der Waals surface area contributed by atoms with Gasteiger partial charge in [-0.05, 0) is 60.2 Å². The third-order valence-electron chi connectivity index (χ3n) is 5.38. The van der Waals surface area contributed by atoms with Crippen molar-refractivity contribution in [2.45, 2.75) is 67.2 Å². The number of rotatable bonds is 0. The summed E-state index contributed by atoms with van der Waals surface area (Å²) in [5.74, 6) is 4.03. The topological polar surface area (TPSA) is 0 Å². The Balaban J connectivity index is 2.13. The Hall–Kier alpha value is 0. The Morgan fingerprint density at radius 1 is 0.625 bits per heavy atom. The minimum Gasteiger partial charge on any atom is -0.0599 e. The van der Waals surface area contributed by atoms with Gasteiger partial charge in [-0.25, -0.2) is 0 Å². The van der Waals surface area contributed by atoms with Crippen LogP contribution in [-0.4, -0.2) is 0 Å². The molecule has 3 aliphatic carbocycles. The molecule has 3 aliphatic rings. The van der Waals surface area contributed by atoms with Gasteiger partial charge in [0, 0.05) is 0 Å². The summed E-state index contributed by atoms with van der Waals surface area (Å²) in [4.78, 5) is 0. The second-order valence-electron chi connectivity index (χ2n) is 8.51. The monoisotopic (exact) mass is 222 g/mol. The second-order valence-corrected chi connectivity index (χ2v) is 8.51. The van der Waals surface area contributed by atoms with Crippen LogP contribution in [0.15, 0.2) is 0 Å². The van der Waals surface area contributed by atoms with Gasteiger partial charge >= 0.3 is 0 Å². The van der Waals surface area contributed by atoms with Gasteiger partial charge in [0.2, 0.25) is 0 Å². The van der Waals surface area contributed by atoms with E-state index in [0.717, 1.165) is 23.7 Å². The second kappa shape index (κ2) is 3.75. The van der Waals surface area contributed by atoms with E-state index in [1.165, 1.54) is 25.7 Å². The van der Waals surface area contributed by atoms with Crippen molar-refractivity contribution < 1.29 is 0 Å². The highest BCUT2D eigenvalue weighted by atomic mass is 14.5. The van der Waals surface area contributed by atoms with Crippen LogP contribution in [0.4, 0.5) is 0 Å². The van der Waals surface area contributed by atoms with Gasteiger partial charge in [-0.3, -0.25) is 0 Å². The maximum absolute atomic E-state index is 2.45. The first kappa shape index (κ1) is 12.5. The number of hydrogen-bond acceptors (Lipinski definition) is 0. The van der Waals surface area contributed by atoms with Gasteiger partial charge in [0.1, 0.15) is 0 Å². The molecule has 2 bridgehead atoms. The van der Waals surface area contributed by atoms with Crippen molar-refractivity contribution in [3.8, 4) is 0 Å². The molecule has 94 valence electrons. The molecule has 3 saturated carbocycles. The fourth-order valence-corrected chi connectivity index (χ4v) is 4.55. The van der Waals surface area contributed by atoms with Gasteiger partial charge in [-0.1, -0.05) is 41.5 Å². The molecule has 4 unspecified atom stereocenters. The molecular formula is C16H30. The van der Waals surface area contributed by atoms with Crippen LogP contribution < -0.4 is 0 Å². The highest BCUT2D eigenvalue weighted by molar-refractivity contribution is 4.98. The molecule has 3 rings (SSSR count). The molecule has 0 aromatic carbocycles. The summed E-state index contributed by atoms with van der Waals surface area (Å²) < 4.78 is 0. The van der Waals surface area contributed by atoms with Crippen molar-refractivity contribution in [2.24, 2.45) is 34.5 Å². The number of hydrogen-bond donors (Lipinski definition) is 0. The van der Waals surface area contributed by atoms with E-state index >= 15 is 0 Å².